The van der Waals surface area contributed by atoms with Gasteiger partial charge in [0.25, 0.3) is 0 Å². The number of benzene rings is 1. The summed E-state index contributed by atoms with van der Waals surface area (Å²) in [7, 11) is 0. The third kappa shape index (κ3) is 4.26. The highest BCUT2D eigenvalue weighted by molar-refractivity contribution is 7.99. The molecule has 0 saturated carbocycles. The summed E-state index contributed by atoms with van der Waals surface area (Å²) in [6.07, 6.45) is 0.293. The van der Waals surface area contributed by atoms with Crippen LogP contribution in [0.25, 0.3) is 22.2 Å². The molecule has 0 saturated heterocycles. The molecule has 0 aliphatic heterocycles. The maximum Gasteiger partial charge on any atom is 0.166 e. The lowest BCUT2D eigenvalue weighted by Gasteiger charge is -2.34. The molecule has 4 rings (SSSR count). The average molecular weight is 463 g/mol. The molecular formula is C20H23ClN6O3S. The summed E-state index contributed by atoms with van der Waals surface area (Å²) in [5, 5.41) is 33.7. The summed E-state index contributed by atoms with van der Waals surface area (Å²) >= 11 is 7.25. The highest BCUT2D eigenvalue weighted by Gasteiger charge is 2.39. The first-order chi connectivity index (χ1) is 14.7. The topological polar surface area (TPSA) is 133 Å². The SMILES string of the molecule is Cc1ncnc2c1ncn2C(C)[C@H](O)[C@H](O)C(C)(O)CSc1nc2ccc(Cl)cc2[nH]1. The molecule has 11 heteroatoms. The number of aryl methyl sites for hydroxylation is 1. The molecule has 4 N–H and O–H groups in total. The van der Waals surface area contributed by atoms with Gasteiger partial charge in [0.1, 0.15) is 24.1 Å². The summed E-state index contributed by atoms with van der Waals surface area (Å²) in [6, 6.07) is 4.74. The number of hydrogen-bond acceptors (Lipinski definition) is 8. The summed E-state index contributed by atoms with van der Waals surface area (Å²) < 4.78 is 1.67. The lowest BCUT2D eigenvalue weighted by molar-refractivity contribution is -0.115. The van der Waals surface area contributed by atoms with Crippen LogP contribution in [0.1, 0.15) is 25.6 Å². The van der Waals surface area contributed by atoms with Gasteiger partial charge in [0.15, 0.2) is 10.8 Å². The molecule has 4 aromatic rings. The Bertz CT molecular complexity index is 1230. The zero-order valence-corrected chi connectivity index (χ0v) is 18.8. The van der Waals surface area contributed by atoms with E-state index in [1.54, 1.807) is 36.0 Å². The van der Waals surface area contributed by atoms with Gasteiger partial charge in [-0.05, 0) is 39.0 Å². The largest absolute Gasteiger partial charge is 0.388 e. The quantitative estimate of drug-likeness (QED) is 0.308. The van der Waals surface area contributed by atoms with Crippen LogP contribution in [0.2, 0.25) is 5.02 Å². The minimum atomic E-state index is -1.59. The van der Waals surface area contributed by atoms with Gasteiger partial charge in [-0.3, -0.25) is 0 Å². The first-order valence-corrected chi connectivity index (χ1v) is 11.0. The van der Waals surface area contributed by atoms with Crippen LogP contribution in [0.3, 0.4) is 0 Å². The Kier molecular flexibility index (Phi) is 5.93. The minimum absolute atomic E-state index is 0.109. The number of hydrogen-bond donors (Lipinski definition) is 4. The van der Waals surface area contributed by atoms with Gasteiger partial charge in [-0.2, -0.15) is 0 Å². The monoisotopic (exact) mass is 462 g/mol. The zero-order valence-electron chi connectivity index (χ0n) is 17.2. The van der Waals surface area contributed by atoms with E-state index in [2.05, 4.69) is 24.9 Å². The Labute approximate surface area is 187 Å². The molecule has 9 nitrogen and oxygen atoms in total. The van der Waals surface area contributed by atoms with E-state index in [1.165, 1.54) is 25.0 Å². The highest BCUT2D eigenvalue weighted by atomic mass is 35.5. The fraction of sp³-hybridized carbons (Fsp3) is 0.400. The number of nitrogens with zero attached hydrogens (tertiary/aromatic N) is 5. The predicted molar refractivity (Wildman–Crippen MR) is 119 cm³/mol. The van der Waals surface area contributed by atoms with Crippen LogP contribution in [0.4, 0.5) is 0 Å². The van der Waals surface area contributed by atoms with E-state index in [0.717, 1.165) is 16.7 Å². The lowest BCUT2D eigenvalue weighted by Crippen LogP contribution is -2.51. The third-order valence-corrected chi connectivity index (χ3v) is 6.79. The van der Waals surface area contributed by atoms with Crippen molar-refractivity contribution in [2.24, 2.45) is 0 Å². The molecule has 1 aromatic carbocycles. The number of halogens is 1. The van der Waals surface area contributed by atoms with Crippen LogP contribution in [0, 0.1) is 6.92 Å². The van der Waals surface area contributed by atoms with E-state index in [9.17, 15) is 15.3 Å². The van der Waals surface area contributed by atoms with Crippen LogP contribution < -0.4 is 0 Å². The van der Waals surface area contributed by atoms with Crippen molar-refractivity contribution in [3.8, 4) is 0 Å². The molecule has 164 valence electrons. The van der Waals surface area contributed by atoms with Crippen LogP contribution in [0.5, 0.6) is 0 Å². The van der Waals surface area contributed by atoms with E-state index in [0.29, 0.717) is 21.3 Å². The standard InChI is InChI=1S/C20H23ClN6O3S/c1-10-15-18(23-8-22-10)27(9-24-15)11(2)16(28)17(29)20(3,30)7-31-19-25-13-5-4-12(21)6-14(13)26-19/h4-6,8-9,11,16-17,28-30H,7H2,1-3H3,(H,25,26)/t11?,16-,17-,20?/m0/s1. The lowest BCUT2D eigenvalue weighted by atomic mass is 9.93. The Hall–Kier alpha value is -2.24. The second-order valence-corrected chi connectivity index (χ2v) is 9.21. The molecule has 4 atom stereocenters. The third-order valence-electron chi connectivity index (χ3n) is 5.36. The fourth-order valence-corrected chi connectivity index (χ4v) is 4.51. The van der Waals surface area contributed by atoms with Gasteiger partial charge in [0, 0.05) is 10.8 Å². The van der Waals surface area contributed by atoms with Crippen molar-refractivity contribution >= 4 is 45.6 Å². The number of aliphatic hydroxyl groups excluding tert-OH is 2. The Morgan fingerprint density at radius 3 is 2.81 bits per heavy atom. The maximum absolute atomic E-state index is 10.9. The van der Waals surface area contributed by atoms with Crippen molar-refractivity contribution < 1.29 is 15.3 Å². The number of imidazole rings is 2. The normalized spacial score (nSPS) is 17.0. The van der Waals surface area contributed by atoms with E-state index in [-0.39, 0.29) is 5.75 Å². The molecule has 31 heavy (non-hydrogen) atoms. The first kappa shape index (κ1) is 22.0. The van der Waals surface area contributed by atoms with Gasteiger partial charge in [-0.1, -0.05) is 23.4 Å². The summed E-state index contributed by atoms with van der Waals surface area (Å²) in [5.41, 5.74) is 1.86. The van der Waals surface area contributed by atoms with Crippen LogP contribution in [-0.2, 0) is 0 Å². The van der Waals surface area contributed by atoms with E-state index in [1.807, 2.05) is 6.92 Å². The van der Waals surface area contributed by atoms with Gasteiger partial charge < -0.3 is 24.9 Å². The molecule has 0 bridgehead atoms. The summed E-state index contributed by atoms with van der Waals surface area (Å²) in [6.45, 7) is 5.04. The van der Waals surface area contributed by atoms with Gasteiger partial charge in [0.05, 0.1) is 34.7 Å². The van der Waals surface area contributed by atoms with Crippen molar-refractivity contribution in [3.63, 3.8) is 0 Å². The van der Waals surface area contributed by atoms with Crippen LogP contribution in [-0.4, -0.2) is 68.4 Å². The average Bonchev–Trinajstić information content (AvgIpc) is 3.35. The highest BCUT2D eigenvalue weighted by Crippen LogP contribution is 2.30. The van der Waals surface area contributed by atoms with Crippen LogP contribution >= 0.6 is 23.4 Å². The molecule has 0 amide bonds. The Morgan fingerprint density at radius 1 is 1.26 bits per heavy atom. The number of fused-ring (bicyclic) bond motifs is 2. The smallest absolute Gasteiger partial charge is 0.166 e. The number of nitrogens with one attached hydrogen (secondary N) is 1. The number of thioether (sulfide) groups is 1. The number of aromatic amines is 1. The van der Waals surface area contributed by atoms with Gasteiger partial charge in [0.2, 0.25) is 0 Å². The zero-order chi connectivity index (χ0) is 22.3. The fourth-order valence-electron chi connectivity index (χ4n) is 3.39. The number of aromatic nitrogens is 6. The molecule has 0 radical (unpaired) electrons. The number of H-pyrrole nitrogens is 1. The molecule has 0 spiro atoms. The second-order valence-electron chi connectivity index (χ2n) is 7.81. The van der Waals surface area contributed by atoms with Crippen molar-refractivity contribution in [1.82, 2.24) is 29.5 Å². The van der Waals surface area contributed by atoms with Crippen molar-refractivity contribution in [1.29, 1.82) is 0 Å². The number of rotatable bonds is 7. The predicted octanol–water partition coefficient (Wildman–Crippen LogP) is 2.49. The molecule has 2 unspecified atom stereocenters. The first-order valence-electron chi connectivity index (χ1n) is 9.68. The summed E-state index contributed by atoms with van der Waals surface area (Å²) in [5.74, 6) is 0.109. The van der Waals surface area contributed by atoms with Crippen molar-refractivity contribution in [2.75, 3.05) is 5.75 Å². The second kappa shape index (κ2) is 8.36. The minimum Gasteiger partial charge on any atom is -0.388 e. The summed E-state index contributed by atoms with van der Waals surface area (Å²) in [4.78, 5) is 20.2. The van der Waals surface area contributed by atoms with Crippen molar-refractivity contribution in [3.05, 3.63) is 41.6 Å². The Morgan fingerprint density at radius 2 is 2.03 bits per heavy atom. The van der Waals surface area contributed by atoms with E-state index < -0.39 is 23.9 Å². The van der Waals surface area contributed by atoms with E-state index >= 15 is 0 Å². The number of aliphatic hydroxyl groups is 3. The van der Waals surface area contributed by atoms with Crippen molar-refractivity contribution in [2.45, 2.75) is 49.8 Å². The molecular weight excluding hydrogens is 440 g/mol. The molecule has 0 aliphatic rings. The molecule has 0 aliphatic carbocycles. The van der Waals surface area contributed by atoms with E-state index in [4.69, 9.17) is 11.6 Å². The maximum atomic E-state index is 10.9. The van der Waals surface area contributed by atoms with Crippen LogP contribution in [0.15, 0.2) is 36.0 Å². The van der Waals surface area contributed by atoms with Gasteiger partial charge >= 0.3 is 0 Å². The molecule has 3 heterocycles. The Balaban J connectivity index is 1.48. The molecule has 3 aromatic heterocycles. The molecule has 0 fully saturated rings. The van der Waals surface area contributed by atoms with Gasteiger partial charge in [-0.25, -0.2) is 19.9 Å². The van der Waals surface area contributed by atoms with Gasteiger partial charge in [-0.15, -0.1) is 0 Å².